The Morgan fingerprint density at radius 1 is 0.733 bits per heavy atom. The molecule has 0 unspecified atom stereocenters. The molecule has 0 saturated carbocycles. The van der Waals surface area contributed by atoms with Crippen LogP contribution in [-0.2, 0) is 13.1 Å². The smallest absolute Gasteiger partial charge is 0.151 e. The molecule has 156 valence electrons. The van der Waals surface area contributed by atoms with Crippen molar-refractivity contribution in [3.8, 4) is 11.4 Å². The summed E-state index contributed by atoms with van der Waals surface area (Å²) in [6.45, 7) is 4.98. The molecule has 6 nitrogen and oxygen atoms in total. The van der Waals surface area contributed by atoms with Crippen LogP contribution in [0.5, 0.6) is 0 Å². The molecule has 0 aliphatic heterocycles. The molecule has 4 aromatic rings. The Labute approximate surface area is 186 Å². The average Bonchev–Trinajstić information content (AvgIpc) is 3.28. The van der Waals surface area contributed by atoms with Crippen molar-refractivity contribution < 1.29 is 0 Å². The van der Waals surface area contributed by atoms with Gasteiger partial charge in [0.25, 0.3) is 0 Å². The minimum absolute atomic E-state index is 0.510. The normalized spacial score (nSPS) is 10.6. The van der Waals surface area contributed by atoms with E-state index in [1.165, 1.54) is 0 Å². The molecule has 2 aromatic carbocycles. The van der Waals surface area contributed by atoms with E-state index < -0.39 is 0 Å². The summed E-state index contributed by atoms with van der Waals surface area (Å²) in [6, 6.07) is 19.5. The van der Waals surface area contributed by atoms with Crippen LogP contribution in [0.4, 0.5) is 0 Å². The number of nitrogens with two attached hydrogens (primary N) is 2. The lowest BCUT2D eigenvalue weighted by Crippen LogP contribution is -2.00. The number of aryl methyl sites for hydroxylation is 2. The van der Waals surface area contributed by atoms with Gasteiger partial charge < -0.3 is 11.5 Å². The molecule has 0 saturated heterocycles. The van der Waals surface area contributed by atoms with E-state index in [2.05, 4.69) is 10.2 Å². The maximum atomic E-state index is 6.03. The summed E-state index contributed by atoms with van der Waals surface area (Å²) < 4.78 is 3.51. The topological polar surface area (TPSA) is 87.7 Å². The molecule has 4 rings (SSSR count). The third kappa shape index (κ3) is 5.29. The molecule has 0 atom stereocenters. The number of hydrogen-bond acceptors (Lipinski definition) is 4. The molecule has 0 aliphatic carbocycles. The van der Waals surface area contributed by atoms with Gasteiger partial charge in [0, 0.05) is 18.8 Å². The summed E-state index contributed by atoms with van der Waals surface area (Å²) in [4.78, 5) is 0. The summed E-state index contributed by atoms with van der Waals surface area (Å²) in [7, 11) is 0. The van der Waals surface area contributed by atoms with Crippen molar-refractivity contribution in [1.82, 2.24) is 19.6 Å². The van der Waals surface area contributed by atoms with E-state index in [0.717, 1.165) is 33.9 Å². The summed E-state index contributed by atoms with van der Waals surface area (Å²) in [5.41, 5.74) is 17.1. The van der Waals surface area contributed by atoms with Crippen molar-refractivity contribution >= 4 is 23.2 Å². The molecule has 2 heterocycles. The Kier molecular flexibility index (Phi) is 7.29. The number of halogens is 2. The number of rotatable bonds is 4. The van der Waals surface area contributed by atoms with Gasteiger partial charge in [0.05, 0.1) is 17.1 Å². The van der Waals surface area contributed by atoms with E-state index in [4.69, 9.17) is 34.7 Å². The van der Waals surface area contributed by atoms with Crippen molar-refractivity contribution in [3.63, 3.8) is 0 Å². The van der Waals surface area contributed by atoms with Crippen LogP contribution in [0.3, 0.4) is 0 Å². The van der Waals surface area contributed by atoms with Gasteiger partial charge in [-0.3, -0.25) is 0 Å². The van der Waals surface area contributed by atoms with Crippen LogP contribution in [0.15, 0.2) is 60.7 Å². The SMILES string of the molecule is Cc1cc(Cl)n(-c2ccc(CN)cc2)n1.Cc1cc(Cl)nn1-c1ccc(CN)cc1. The zero-order chi connectivity index (χ0) is 21.7. The number of benzene rings is 2. The van der Waals surface area contributed by atoms with Crippen LogP contribution in [0.25, 0.3) is 11.4 Å². The van der Waals surface area contributed by atoms with Gasteiger partial charge in [-0.25, -0.2) is 9.36 Å². The van der Waals surface area contributed by atoms with E-state index in [-0.39, 0.29) is 0 Å². The van der Waals surface area contributed by atoms with Crippen molar-refractivity contribution in [2.45, 2.75) is 26.9 Å². The quantitative estimate of drug-likeness (QED) is 0.483. The fourth-order valence-electron chi connectivity index (χ4n) is 2.89. The molecule has 0 amide bonds. The maximum absolute atomic E-state index is 6.03. The predicted octanol–water partition coefficient (Wildman–Crippen LogP) is 4.59. The molecule has 0 fully saturated rings. The Bertz CT molecular complexity index is 1010. The highest BCUT2D eigenvalue weighted by Gasteiger charge is 2.05. The van der Waals surface area contributed by atoms with E-state index in [0.29, 0.717) is 23.4 Å². The summed E-state index contributed by atoms with van der Waals surface area (Å²) in [5, 5.41) is 9.60. The molecular formula is C22H24Cl2N6. The van der Waals surface area contributed by atoms with Crippen molar-refractivity contribution in [2.24, 2.45) is 11.5 Å². The van der Waals surface area contributed by atoms with E-state index >= 15 is 0 Å². The van der Waals surface area contributed by atoms with Gasteiger partial charge >= 0.3 is 0 Å². The second-order valence-electron chi connectivity index (χ2n) is 6.78. The van der Waals surface area contributed by atoms with Crippen LogP contribution >= 0.6 is 23.2 Å². The molecule has 30 heavy (non-hydrogen) atoms. The summed E-state index contributed by atoms with van der Waals surface area (Å²) in [6.07, 6.45) is 0. The summed E-state index contributed by atoms with van der Waals surface area (Å²) in [5.74, 6) is 0. The standard InChI is InChI=1S/2C11H12ClN3/c1-8-6-11(12)14-15(8)10-4-2-9(7-13)3-5-10;1-8-6-11(12)15(14-8)10-4-2-9(7-13)3-5-10/h2*2-6H,7,13H2,1H3. The highest BCUT2D eigenvalue weighted by atomic mass is 35.5. The molecule has 0 aliphatic rings. The Morgan fingerprint density at radius 3 is 1.60 bits per heavy atom. The first-order chi connectivity index (χ1) is 14.4. The minimum atomic E-state index is 0.510. The first-order valence-corrected chi connectivity index (χ1v) is 10.2. The van der Waals surface area contributed by atoms with Gasteiger partial charge in [-0.15, -0.1) is 0 Å². The lowest BCUT2D eigenvalue weighted by atomic mass is 10.2. The first-order valence-electron chi connectivity index (χ1n) is 9.44. The zero-order valence-corrected chi connectivity index (χ0v) is 18.4. The van der Waals surface area contributed by atoms with Gasteiger partial charge in [-0.1, -0.05) is 47.5 Å². The second-order valence-corrected chi connectivity index (χ2v) is 7.56. The largest absolute Gasteiger partial charge is 0.326 e. The Balaban J connectivity index is 0.000000171. The third-order valence-corrected chi connectivity index (χ3v) is 4.93. The number of hydrogen-bond donors (Lipinski definition) is 2. The van der Waals surface area contributed by atoms with E-state index in [1.807, 2.05) is 79.2 Å². The molecular weight excluding hydrogens is 419 g/mol. The Morgan fingerprint density at radius 2 is 1.23 bits per heavy atom. The zero-order valence-electron chi connectivity index (χ0n) is 16.9. The highest BCUT2D eigenvalue weighted by molar-refractivity contribution is 6.30. The van der Waals surface area contributed by atoms with Crippen molar-refractivity contribution in [2.75, 3.05) is 0 Å². The molecule has 4 N–H and O–H groups in total. The van der Waals surface area contributed by atoms with Crippen LogP contribution in [0, 0.1) is 13.8 Å². The predicted molar refractivity (Wildman–Crippen MR) is 122 cm³/mol. The first kappa shape index (κ1) is 22.1. The van der Waals surface area contributed by atoms with Crippen molar-refractivity contribution in [1.29, 1.82) is 0 Å². The van der Waals surface area contributed by atoms with Gasteiger partial charge in [-0.05, 0) is 61.4 Å². The fourth-order valence-corrected chi connectivity index (χ4v) is 3.42. The molecule has 0 radical (unpaired) electrons. The fraction of sp³-hybridized carbons (Fsp3) is 0.182. The third-order valence-electron chi connectivity index (χ3n) is 4.48. The second kappa shape index (κ2) is 9.91. The molecule has 0 bridgehead atoms. The molecule has 2 aromatic heterocycles. The number of aromatic nitrogens is 4. The van der Waals surface area contributed by atoms with Gasteiger partial charge in [0.15, 0.2) is 5.15 Å². The van der Waals surface area contributed by atoms with Gasteiger partial charge in [-0.2, -0.15) is 10.2 Å². The number of nitrogens with zero attached hydrogens (tertiary/aromatic N) is 4. The monoisotopic (exact) mass is 442 g/mol. The van der Waals surface area contributed by atoms with Crippen LogP contribution in [0.1, 0.15) is 22.5 Å². The van der Waals surface area contributed by atoms with Crippen LogP contribution in [-0.4, -0.2) is 19.6 Å². The molecule has 8 heteroatoms. The average molecular weight is 443 g/mol. The van der Waals surface area contributed by atoms with Gasteiger partial charge in [0.1, 0.15) is 5.15 Å². The maximum Gasteiger partial charge on any atom is 0.151 e. The molecule has 0 spiro atoms. The van der Waals surface area contributed by atoms with Gasteiger partial charge in [0.2, 0.25) is 0 Å². The lowest BCUT2D eigenvalue weighted by molar-refractivity contribution is 0.846. The lowest BCUT2D eigenvalue weighted by Gasteiger charge is -2.04. The summed E-state index contributed by atoms with van der Waals surface area (Å²) >= 11 is 11.9. The van der Waals surface area contributed by atoms with Crippen LogP contribution < -0.4 is 11.5 Å². The van der Waals surface area contributed by atoms with Crippen LogP contribution in [0.2, 0.25) is 10.3 Å². The van der Waals surface area contributed by atoms with E-state index in [9.17, 15) is 0 Å². The Hall–Kier alpha value is -2.64. The minimum Gasteiger partial charge on any atom is -0.326 e. The van der Waals surface area contributed by atoms with Crippen molar-refractivity contribution in [3.05, 3.63) is 93.5 Å². The highest BCUT2D eigenvalue weighted by Crippen LogP contribution is 2.17. The van der Waals surface area contributed by atoms with E-state index in [1.54, 1.807) is 4.68 Å².